The van der Waals surface area contributed by atoms with Crippen molar-refractivity contribution in [2.75, 3.05) is 10.6 Å². The molecule has 5 rings (SSSR count). The van der Waals surface area contributed by atoms with Crippen molar-refractivity contribution in [3.05, 3.63) is 83.1 Å². The van der Waals surface area contributed by atoms with Gasteiger partial charge in [0.1, 0.15) is 11.5 Å². The molecule has 3 amide bonds. The van der Waals surface area contributed by atoms with Crippen LogP contribution in [0.15, 0.2) is 66.4 Å². The van der Waals surface area contributed by atoms with E-state index in [1.165, 1.54) is 0 Å². The molecule has 0 radical (unpaired) electrons. The van der Waals surface area contributed by atoms with Crippen molar-refractivity contribution >= 4 is 29.1 Å². The van der Waals surface area contributed by atoms with E-state index < -0.39 is 11.3 Å². The molecule has 1 heterocycles. The molecule has 3 aliphatic rings. The van der Waals surface area contributed by atoms with Gasteiger partial charge in [0.15, 0.2) is 0 Å². The van der Waals surface area contributed by atoms with Crippen molar-refractivity contribution in [1.82, 2.24) is 5.32 Å². The zero-order valence-electron chi connectivity index (χ0n) is 19.1. The van der Waals surface area contributed by atoms with E-state index in [-0.39, 0.29) is 17.5 Å². The molecule has 2 aliphatic carbocycles. The normalized spacial score (nSPS) is 16.5. The van der Waals surface area contributed by atoms with Crippen LogP contribution in [-0.2, 0) is 19.8 Å². The Hall–Kier alpha value is -4.13. The Balaban J connectivity index is 1.30. The number of ether oxygens (including phenoxy) is 1. The summed E-state index contributed by atoms with van der Waals surface area (Å²) in [5, 5.41) is 8.25. The van der Waals surface area contributed by atoms with Crippen LogP contribution in [0.25, 0.3) is 0 Å². The second kappa shape index (κ2) is 8.02. The van der Waals surface area contributed by atoms with E-state index in [4.69, 9.17) is 4.74 Å². The number of anilines is 2. The van der Waals surface area contributed by atoms with Crippen LogP contribution >= 0.6 is 0 Å². The standard InChI is InChI=1S/C27H25N3O4/c1-15-12-19(29-24(31)17(3)28-25(32)18-6-4-7-18)13-16(2)23(15)34-20-8-9-22-21(14-20)27(10-5-11-27)26(33)30-22/h4,6-9,12-14H,3,5,10-11H2,1-2H3,(H,28,32)(H,29,31)(H,30,33). The Morgan fingerprint density at radius 1 is 1.12 bits per heavy atom. The van der Waals surface area contributed by atoms with Crippen molar-refractivity contribution in [3.63, 3.8) is 0 Å². The topological polar surface area (TPSA) is 96.5 Å². The number of aryl methyl sites for hydroxylation is 2. The van der Waals surface area contributed by atoms with Gasteiger partial charge in [-0.15, -0.1) is 0 Å². The van der Waals surface area contributed by atoms with Crippen LogP contribution in [-0.4, -0.2) is 17.7 Å². The molecule has 7 heteroatoms. The second-order valence-electron chi connectivity index (χ2n) is 9.01. The van der Waals surface area contributed by atoms with Crippen LogP contribution < -0.4 is 20.7 Å². The van der Waals surface area contributed by atoms with Crippen molar-refractivity contribution in [3.8, 4) is 11.5 Å². The first-order chi connectivity index (χ1) is 16.3. The summed E-state index contributed by atoms with van der Waals surface area (Å²) in [6, 6.07) is 9.31. The van der Waals surface area contributed by atoms with Gasteiger partial charge in [-0.05, 0) is 85.9 Å². The summed E-state index contributed by atoms with van der Waals surface area (Å²) in [6.07, 6.45) is 7.84. The largest absolute Gasteiger partial charge is 0.457 e. The number of rotatable bonds is 6. The maximum absolute atomic E-state index is 12.5. The quantitative estimate of drug-likeness (QED) is 0.558. The highest BCUT2D eigenvalue weighted by Gasteiger charge is 2.51. The maximum atomic E-state index is 12.5. The predicted octanol–water partition coefficient (Wildman–Crippen LogP) is 4.53. The van der Waals surface area contributed by atoms with Gasteiger partial charge in [-0.3, -0.25) is 14.4 Å². The minimum absolute atomic E-state index is 0.0342. The molecule has 0 saturated heterocycles. The number of nitrogens with one attached hydrogen (secondary N) is 3. The Morgan fingerprint density at radius 3 is 2.41 bits per heavy atom. The summed E-state index contributed by atoms with van der Waals surface area (Å²) < 4.78 is 6.23. The Kier molecular flexibility index (Phi) is 5.12. The third-order valence-corrected chi connectivity index (χ3v) is 6.69. The van der Waals surface area contributed by atoms with E-state index in [0.29, 0.717) is 22.8 Å². The predicted molar refractivity (Wildman–Crippen MR) is 130 cm³/mol. The molecular formula is C27H25N3O4. The first kappa shape index (κ1) is 21.7. The van der Waals surface area contributed by atoms with Gasteiger partial charge in [0.2, 0.25) is 5.91 Å². The molecule has 1 saturated carbocycles. The zero-order chi connectivity index (χ0) is 24.0. The van der Waals surface area contributed by atoms with Gasteiger partial charge in [-0.2, -0.15) is 0 Å². The molecular weight excluding hydrogens is 430 g/mol. The lowest BCUT2D eigenvalue weighted by molar-refractivity contribution is -0.123. The maximum Gasteiger partial charge on any atom is 0.271 e. The molecule has 172 valence electrons. The van der Waals surface area contributed by atoms with Gasteiger partial charge < -0.3 is 20.7 Å². The van der Waals surface area contributed by atoms with E-state index in [2.05, 4.69) is 22.5 Å². The molecule has 0 bridgehead atoms. The van der Waals surface area contributed by atoms with E-state index in [9.17, 15) is 14.4 Å². The molecule has 1 aliphatic heterocycles. The van der Waals surface area contributed by atoms with Gasteiger partial charge in [-0.25, -0.2) is 0 Å². The van der Waals surface area contributed by atoms with Crippen molar-refractivity contribution in [2.45, 2.75) is 38.5 Å². The molecule has 34 heavy (non-hydrogen) atoms. The summed E-state index contributed by atoms with van der Waals surface area (Å²) in [7, 11) is 0. The number of carbonyl (C=O) groups is 3. The van der Waals surface area contributed by atoms with Crippen molar-refractivity contribution in [1.29, 1.82) is 0 Å². The van der Waals surface area contributed by atoms with Crippen molar-refractivity contribution < 1.29 is 19.1 Å². The molecule has 0 unspecified atom stereocenters. The van der Waals surface area contributed by atoms with E-state index in [1.54, 1.807) is 30.4 Å². The fourth-order valence-electron chi connectivity index (χ4n) is 4.60. The molecule has 1 fully saturated rings. The number of fused-ring (bicyclic) bond motifs is 2. The molecule has 0 atom stereocenters. The fourth-order valence-corrected chi connectivity index (χ4v) is 4.60. The van der Waals surface area contributed by atoms with Gasteiger partial charge >= 0.3 is 0 Å². The molecule has 1 spiro atoms. The molecule has 2 aromatic rings. The number of allylic oxidation sites excluding steroid dienone is 2. The number of amides is 3. The van der Waals surface area contributed by atoms with Gasteiger partial charge in [0.25, 0.3) is 11.8 Å². The summed E-state index contributed by atoms with van der Waals surface area (Å²) in [4.78, 5) is 36.9. The summed E-state index contributed by atoms with van der Waals surface area (Å²) in [5.74, 6) is 0.575. The number of hydrogen-bond donors (Lipinski definition) is 3. The molecule has 2 aromatic carbocycles. The van der Waals surface area contributed by atoms with Crippen LogP contribution in [0.2, 0.25) is 0 Å². The zero-order valence-corrected chi connectivity index (χ0v) is 19.1. The SMILES string of the molecule is C=C(NC(=O)C1=CC=C1)C(=O)Nc1cc(C)c(Oc2ccc3c(c2)C2(CCC2)C(=O)N3)c(C)c1. The minimum atomic E-state index is -0.494. The Bertz CT molecular complexity index is 1310. The summed E-state index contributed by atoms with van der Waals surface area (Å²) in [6.45, 7) is 7.46. The molecule has 3 N–H and O–H groups in total. The fraction of sp³-hybridized carbons (Fsp3) is 0.222. The smallest absolute Gasteiger partial charge is 0.271 e. The van der Waals surface area contributed by atoms with Gasteiger partial charge in [0, 0.05) is 16.9 Å². The molecule has 7 nitrogen and oxygen atoms in total. The van der Waals surface area contributed by atoms with Gasteiger partial charge in [-0.1, -0.05) is 19.1 Å². The lowest BCUT2D eigenvalue weighted by Gasteiger charge is -2.36. The van der Waals surface area contributed by atoms with Crippen LogP contribution in [0.4, 0.5) is 11.4 Å². The van der Waals surface area contributed by atoms with E-state index >= 15 is 0 Å². The first-order valence-corrected chi connectivity index (χ1v) is 11.2. The van der Waals surface area contributed by atoms with E-state index in [1.807, 2.05) is 32.0 Å². The second-order valence-corrected chi connectivity index (χ2v) is 9.01. The third kappa shape index (κ3) is 3.59. The highest BCUT2D eigenvalue weighted by molar-refractivity contribution is 6.09. The Morgan fingerprint density at radius 2 is 1.82 bits per heavy atom. The number of hydrogen-bond acceptors (Lipinski definition) is 4. The summed E-state index contributed by atoms with van der Waals surface area (Å²) in [5.41, 5.74) is 4.17. The highest BCUT2D eigenvalue weighted by Crippen LogP contribution is 2.52. The van der Waals surface area contributed by atoms with E-state index in [0.717, 1.165) is 41.6 Å². The lowest BCUT2D eigenvalue weighted by atomic mass is 9.65. The minimum Gasteiger partial charge on any atom is -0.457 e. The van der Waals surface area contributed by atoms with Crippen molar-refractivity contribution in [2.24, 2.45) is 0 Å². The number of benzene rings is 2. The lowest BCUT2D eigenvalue weighted by Crippen LogP contribution is -2.40. The average molecular weight is 456 g/mol. The van der Waals surface area contributed by atoms with Crippen LogP contribution in [0.3, 0.4) is 0 Å². The summed E-state index contributed by atoms with van der Waals surface area (Å²) >= 11 is 0. The van der Waals surface area contributed by atoms with Crippen LogP contribution in [0.5, 0.6) is 11.5 Å². The highest BCUT2D eigenvalue weighted by atomic mass is 16.5. The van der Waals surface area contributed by atoms with Crippen LogP contribution in [0, 0.1) is 13.8 Å². The average Bonchev–Trinajstić information content (AvgIpc) is 3.00. The number of carbonyl (C=O) groups excluding carboxylic acids is 3. The third-order valence-electron chi connectivity index (χ3n) is 6.69. The van der Waals surface area contributed by atoms with Crippen LogP contribution in [0.1, 0.15) is 36.0 Å². The monoisotopic (exact) mass is 455 g/mol. The first-order valence-electron chi connectivity index (χ1n) is 11.2. The Labute approximate surface area is 197 Å². The molecule has 0 aromatic heterocycles. The van der Waals surface area contributed by atoms with Gasteiger partial charge in [0.05, 0.1) is 11.1 Å².